The number of fused-ring (bicyclic) bond motifs is 1. The van der Waals surface area contributed by atoms with Crippen molar-refractivity contribution in [3.63, 3.8) is 0 Å². The number of hydrogen-bond acceptors (Lipinski definition) is 2. The lowest BCUT2D eigenvalue weighted by atomic mass is 9.93. The van der Waals surface area contributed by atoms with Crippen LogP contribution in [0.2, 0.25) is 0 Å². The predicted molar refractivity (Wildman–Crippen MR) is 122 cm³/mol. The van der Waals surface area contributed by atoms with Gasteiger partial charge in [-0.1, -0.05) is 49.9 Å². The van der Waals surface area contributed by atoms with E-state index in [9.17, 15) is 9.59 Å². The molecule has 1 N–H and O–H groups in total. The van der Waals surface area contributed by atoms with E-state index in [1.807, 2.05) is 54.3 Å². The van der Waals surface area contributed by atoms with Crippen LogP contribution in [-0.2, 0) is 13.0 Å². The van der Waals surface area contributed by atoms with Gasteiger partial charge in [-0.2, -0.15) is 0 Å². The third-order valence-electron chi connectivity index (χ3n) is 6.28. The molecule has 1 amide bonds. The summed E-state index contributed by atoms with van der Waals surface area (Å²) in [5, 5.41) is 1.02. The maximum Gasteiger partial charge on any atom is 0.254 e. The zero-order valence-corrected chi connectivity index (χ0v) is 17.9. The Balaban J connectivity index is 1.71. The molecule has 0 radical (unpaired) electrons. The molecular weight excluding hydrogens is 372 g/mol. The first kappa shape index (κ1) is 20.4. The molecule has 4 rings (SSSR count). The molecule has 1 fully saturated rings. The van der Waals surface area contributed by atoms with Crippen molar-refractivity contribution in [1.29, 1.82) is 0 Å². The van der Waals surface area contributed by atoms with Crippen LogP contribution in [-0.4, -0.2) is 21.8 Å². The van der Waals surface area contributed by atoms with Crippen molar-refractivity contribution < 1.29 is 4.79 Å². The second kappa shape index (κ2) is 8.86. The van der Waals surface area contributed by atoms with Crippen LogP contribution in [0.15, 0.2) is 53.3 Å². The van der Waals surface area contributed by atoms with E-state index < -0.39 is 0 Å². The second-order valence-corrected chi connectivity index (χ2v) is 8.49. The molecule has 4 heteroatoms. The number of aryl methyl sites for hydroxylation is 2. The summed E-state index contributed by atoms with van der Waals surface area (Å²) in [6.07, 6.45) is 6.45. The minimum absolute atomic E-state index is 0.0207. The maximum atomic E-state index is 13.5. The highest BCUT2D eigenvalue weighted by molar-refractivity contribution is 5.94. The minimum Gasteiger partial charge on any atom is -0.331 e. The molecule has 0 spiro atoms. The summed E-state index contributed by atoms with van der Waals surface area (Å²) >= 11 is 0. The molecule has 0 aliphatic heterocycles. The Bertz CT molecular complexity index is 1110. The van der Waals surface area contributed by atoms with Crippen LogP contribution < -0.4 is 5.56 Å². The van der Waals surface area contributed by atoms with Crippen molar-refractivity contribution in [2.75, 3.05) is 0 Å². The predicted octanol–water partition coefficient (Wildman–Crippen LogP) is 5.37. The smallest absolute Gasteiger partial charge is 0.254 e. The van der Waals surface area contributed by atoms with Gasteiger partial charge in [-0.15, -0.1) is 0 Å². The number of pyridine rings is 1. The van der Waals surface area contributed by atoms with Gasteiger partial charge >= 0.3 is 0 Å². The van der Waals surface area contributed by atoms with Gasteiger partial charge < -0.3 is 9.88 Å². The standard InChI is InChI=1S/C26H30N2O2/c1-3-19-12-13-24-21(15-19)16-22(25(29)27-24)17-28(23-10-5-4-6-11-23)26(30)20-9-7-8-18(2)14-20/h7-9,12-16,23H,3-6,10-11,17H2,1-2H3,(H,27,29). The Hall–Kier alpha value is -2.88. The van der Waals surface area contributed by atoms with E-state index in [4.69, 9.17) is 0 Å². The third kappa shape index (κ3) is 4.33. The number of hydrogen-bond donors (Lipinski definition) is 1. The number of nitrogens with zero attached hydrogens (tertiary/aromatic N) is 1. The van der Waals surface area contributed by atoms with Gasteiger partial charge in [0.1, 0.15) is 0 Å². The zero-order chi connectivity index (χ0) is 21.1. The normalized spacial score (nSPS) is 14.7. The van der Waals surface area contributed by atoms with Gasteiger partial charge in [0.15, 0.2) is 0 Å². The van der Waals surface area contributed by atoms with E-state index >= 15 is 0 Å². The van der Waals surface area contributed by atoms with E-state index in [0.29, 0.717) is 17.7 Å². The summed E-state index contributed by atoms with van der Waals surface area (Å²) < 4.78 is 0. The molecule has 2 aromatic carbocycles. The van der Waals surface area contributed by atoms with Gasteiger partial charge in [-0.05, 0) is 67.5 Å². The van der Waals surface area contributed by atoms with E-state index in [2.05, 4.69) is 18.0 Å². The lowest BCUT2D eigenvalue weighted by Crippen LogP contribution is -2.42. The number of aromatic amines is 1. The molecule has 0 saturated heterocycles. The van der Waals surface area contributed by atoms with E-state index in [-0.39, 0.29) is 17.5 Å². The molecule has 30 heavy (non-hydrogen) atoms. The molecule has 0 bridgehead atoms. The van der Waals surface area contributed by atoms with Crippen molar-refractivity contribution in [1.82, 2.24) is 9.88 Å². The summed E-state index contributed by atoms with van der Waals surface area (Å²) in [6.45, 7) is 4.47. The first-order valence-corrected chi connectivity index (χ1v) is 11.1. The van der Waals surface area contributed by atoms with Crippen LogP contribution in [0.4, 0.5) is 0 Å². The van der Waals surface area contributed by atoms with Crippen molar-refractivity contribution in [3.05, 3.63) is 81.1 Å². The fraction of sp³-hybridized carbons (Fsp3) is 0.385. The number of H-pyrrole nitrogens is 1. The van der Waals surface area contributed by atoms with Gasteiger partial charge in [0, 0.05) is 22.7 Å². The fourth-order valence-electron chi connectivity index (χ4n) is 4.53. The van der Waals surface area contributed by atoms with Crippen molar-refractivity contribution in [2.45, 2.75) is 65.0 Å². The third-order valence-corrected chi connectivity index (χ3v) is 6.28. The minimum atomic E-state index is -0.107. The number of amides is 1. The van der Waals surface area contributed by atoms with Gasteiger partial charge in [0.2, 0.25) is 0 Å². The maximum absolute atomic E-state index is 13.5. The quantitative estimate of drug-likeness (QED) is 0.623. The molecule has 0 unspecified atom stereocenters. The monoisotopic (exact) mass is 402 g/mol. The van der Waals surface area contributed by atoms with Crippen LogP contribution in [0.25, 0.3) is 10.9 Å². The van der Waals surface area contributed by atoms with E-state index in [1.54, 1.807) is 0 Å². The van der Waals surface area contributed by atoms with Gasteiger partial charge in [-0.25, -0.2) is 0 Å². The molecule has 1 heterocycles. The highest BCUT2D eigenvalue weighted by Crippen LogP contribution is 2.26. The Morgan fingerprint density at radius 2 is 1.87 bits per heavy atom. The Morgan fingerprint density at radius 1 is 1.07 bits per heavy atom. The summed E-state index contributed by atoms with van der Waals surface area (Å²) in [4.78, 5) is 31.3. The van der Waals surface area contributed by atoms with E-state index in [0.717, 1.165) is 48.6 Å². The highest BCUT2D eigenvalue weighted by Gasteiger charge is 2.27. The molecule has 0 atom stereocenters. The topological polar surface area (TPSA) is 53.2 Å². The summed E-state index contributed by atoms with van der Waals surface area (Å²) in [6, 6.07) is 16.0. The van der Waals surface area contributed by atoms with Gasteiger partial charge in [0.25, 0.3) is 11.5 Å². The first-order chi connectivity index (χ1) is 14.5. The number of aromatic nitrogens is 1. The second-order valence-electron chi connectivity index (χ2n) is 8.49. The number of rotatable bonds is 5. The average Bonchev–Trinajstić information content (AvgIpc) is 2.77. The van der Waals surface area contributed by atoms with E-state index in [1.165, 1.54) is 12.0 Å². The highest BCUT2D eigenvalue weighted by atomic mass is 16.2. The number of nitrogens with one attached hydrogen (secondary N) is 1. The molecule has 1 aliphatic carbocycles. The Kier molecular flexibility index (Phi) is 6.03. The molecule has 1 saturated carbocycles. The molecule has 4 nitrogen and oxygen atoms in total. The molecular formula is C26H30N2O2. The van der Waals surface area contributed by atoms with Crippen LogP contribution >= 0.6 is 0 Å². The summed E-state index contributed by atoms with van der Waals surface area (Å²) in [5.74, 6) is 0.0207. The van der Waals surface area contributed by atoms with Crippen molar-refractivity contribution >= 4 is 16.8 Å². The largest absolute Gasteiger partial charge is 0.331 e. The Labute approximate surface area is 177 Å². The molecule has 1 aliphatic rings. The summed E-state index contributed by atoms with van der Waals surface area (Å²) in [7, 11) is 0. The van der Waals surface area contributed by atoms with Crippen molar-refractivity contribution in [3.8, 4) is 0 Å². The van der Waals surface area contributed by atoms with Gasteiger partial charge in [0.05, 0.1) is 6.54 Å². The fourth-order valence-corrected chi connectivity index (χ4v) is 4.53. The lowest BCUT2D eigenvalue weighted by Gasteiger charge is -2.34. The first-order valence-electron chi connectivity index (χ1n) is 11.1. The lowest BCUT2D eigenvalue weighted by molar-refractivity contribution is 0.0613. The Morgan fingerprint density at radius 3 is 2.60 bits per heavy atom. The molecule has 3 aromatic rings. The molecule has 1 aromatic heterocycles. The van der Waals surface area contributed by atoms with Crippen LogP contribution in [0.3, 0.4) is 0 Å². The SMILES string of the molecule is CCc1ccc2[nH]c(=O)c(CN(C(=O)c3cccc(C)c3)C3CCCCC3)cc2c1. The van der Waals surface area contributed by atoms with Crippen molar-refractivity contribution in [2.24, 2.45) is 0 Å². The zero-order valence-electron chi connectivity index (χ0n) is 17.9. The van der Waals surface area contributed by atoms with Crippen LogP contribution in [0.5, 0.6) is 0 Å². The number of benzene rings is 2. The summed E-state index contributed by atoms with van der Waals surface area (Å²) in [5.41, 5.74) is 4.40. The number of carbonyl (C=O) groups is 1. The average molecular weight is 403 g/mol. The van der Waals surface area contributed by atoms with Crippen LogP contribution in [0, 0.1) is 6.92 Å². The van der Waals surface area contributed by atoms with Gasteiger partial charge in [-0.3, -0.25) is 9.59 Å². The van der Waals surface area contributed by atoms with Crippen LogP contribution in [0.1, 0.15) is 66.1 Å². The number of carbonyl (C=O) groups excluding carboxylic acids is 1. The molecule has 156 valence electrons.